The molecule has 0 aliphatic heterocycles. The molecule has 0 unspecified atom stereocenters. The summed E-state index contributed by atoms with van der Waals surface area (Å²) in [6.07, 6.45) is 5.41. The number of aliphatic hydroxyl groups excluding tert-OH is 1. The standard InChI is InChI=1S/C25H26N4O3S/c1-16-10-21(25(31)29(12-16)23(14-30)18-4-7-20(33)8-5-18)27-19-6-9-22(24(11-19)32-3)28-13-17(2)26-15-28/h4-13,15,23,27,30,33H,14H2,1-3H3/t23-/m0/s1. The molecule has 170 valence electrons. The molecule has 4 aromatic rings. The van der Waals surface area contributed by atoms with Crippen LogP contribution in [0.2, 0.25) is 0 Å². The Balaban J connectivity index is 1.70. The molecule has 0 aliphatic carbocycles. The van der Waals surface area contributed by atoms with Gasteiger partial charge in [-0.2, -0.15) is 0 Å². The Morgan fingerprint density at radius 1 is 1.12 bits per heavy atom. The summed E-state index contributed by atoms with van der Waals surface area (Å²) in [5.41, 5.74) is 4.35. The number of imidazole rings is 1. The van der Waals surface area contributed by atoms with Gasteiger partial charge in [-0.15, -0.1) is 12.6 Å². The fourth-order valence-electron chi connectivity index (χ4n) is 3.79. The smallest absolute Gasteiger partial charge is 0.274 e. The van der Waals surface area contributed by atoms with Crippen LogP contribution in [0.4, 0.5) is 11.4 Å². The van der Waals surface area contributed by atoms with Crippen molar-refractivity contribution in [3.8, 4) is 11.4 Å². The summed E-state index contributed by atoms with van der Waals surface area (Å²) in [4.78, 5) is 18.4. The molecule has 0 radical (unpaired) electrons. The van der Waals surface area contributed by atoms with Crippen molar-refractivity contribution in [2.45, 2.75) is 24.8 Å². The number of ether oxygens (including phenoxy) is 1. The first-order valence-corrected chi connectivity index (χ1v) is 10.9. The molecule has 2 aromatic carbocycles. The summed E-state index contributed by atoms with van der Waals surface area (Å²) in [7, 11) is 1.61. The van der Waals surface area contributed by atoms with Crippen LogP contribution in [0.3, 0.4) is 0 Å². The van der Waals surface area contributed by atoms with E-state index in [0.29, 0.717) is 17.1 Å². The number of nitrogens with zero attached hydrogens (tertiary/aromatic N) is 3. The maximum atomic E-state index is 13.3. The van der Waals surface area contributed by atoms with E-state index in [2.05, 4.69) is 22.9 Å². The molecule has 2 aromatic heterocycles. The summed E-state index contributed by atoms with van der Waals surface area (Å²) < 4.78 is 9.03. The van der Waals surface area contributed by atoms with Crippen LogP contribution in [0.25, 0.3) is 5.69 Å². The van der Waals surface area contributed by atoms with Gasteiger partial charge in [0.05, 0.1) is 37.5 Å². The number of thiol groups is 1. The second-order valence-corrected chi connectivity index (χ2v) is 8.38. The lowest BCUT2D eigenvalue weighted by molar-refractivity contribution is 0.247. The molecule has 2 heterocycles. The van der Waals surface area contributed by atoms with Crippen molar-refractivity contribution in [1.82, 2.24) is 14.1 Å². The summed E-state index contributed by atoms with van der Waals surface area (Å²) in [5.74, 6) is 0.644. The van der Waals surface area contributed by atoms with Crippen LogP contribution in [0.5, 0.6) is 5.75 Å². The summed E-state index contributed by atoms with van der Waals surface area (Å²) in [6, 6.07) is 14.3. The Bertz CT molecular complexity index is 1330. The first-order valence-electron chi connectivity index (χ1n) is 10.5. The number of aromatic nitrogens is 3. The van der Waals surface area contributed by atoms with Gasteiger partial charge in [0.15, 0.2) is 0 Å². The van der Waals surface area contributed by atoms with Crippen LogP contribution in [0, 0.1) is 13.8 Å². The normalized spacial score (nSPS) is 11.9. The van der Waals surface area contributed by atoms with E-state index in [1.807, 2.05) is 67.1 Å². The molecule has 7 nitrogen and oxygen atoms in total. The first kappa shape index (κ1) is 22.7. The molecule has 1 atom stereocenters. The van der Waals surface area contributed by atoms with Gasteiger partial charge in [0.1, 0.15) is 11.4 Å². The highest BCUT2D eigenvalue weighted by Gasteiger charge is 2.17. The maximum absolute atomic E-state index is 13.3. The Morgan fingerprint density at radius 2 is 1.88 bits per heavy atom. The molecule has 0 aliphatic rings. The van der Waals surface area contributed by atoms with E-state index in [4.69, 9.17) is 4.74 Å². The van der Waals surface area contributed by atoms with Crippen LogP contribution in [0.1, 0.15) is 22.9 Å². The maximum Gasteiger partial charge on any atom is 0.274 e. The van der Waals surface area contributed by atoms with Gasteiger partial charge in [0.25, 0.3) is 5.56 Å². The highest BCUT2D eigenvalue weighted by Crippen LogP contribution is 2.28. The van der Waals surface area contributed by atoms with Gasteiger partial charge < -0.3 is 24.3 Å². The van der Waals surface area contributed by atoms with Crippen molar-refractivity contribution in [2.75, 3.05) is 19.0 Å². The Kier molecular flexibility index (Phi) is 6.57. The van der Waals surface area contributed by atoms with Crippen LogP contribution >= 0.6 is 12.6 Å². The summed E-state index contributed by atoms with van der Waals surface area (Å²) in [6.45, 7) is 3.63. The number of aryl methyl sites for hydroxylation is 2. The first-order chi connectivity index (χ1) is 15.9. The van der Waals surface area contributed by atoms with E-state index in [0.717, 1.165) is 27.4 Å². The minimum absolute atomic E-state index is 0.207. The zero-order chi connectivity index (χ0) is 23.5. The number of benzene rings is 2. The minimum atomic E-state index is -0.506. The largest absolute Gasteiger partial charge is 0.494 e. The van der Waals surface area contributed by atoms with Gasteiger partial charge >= 0.3 is 0 Å². The summed E-state index contributed by atoms with van der Waals surface area (Å²) >= 11 is 4.32. The average molecular weight is 463 g/mol. The molecular formula is C25H26N4O3S. The Hall–Kier alpha value is -3.49. The third kappa shape index (κ3) is 4.81. The quantitative estimate of drug-likeness (QED) is 0.357. The monoisotopic (exact) mass is 462 g/mol. The van der Waals surface area contributed by atoms with Crippen molar-refractivity contribution < 1.29 is 9.84 Å². The van der Waals surface area contributed by atoms with Crippen LogP contribution < -0.4 is 15.6 Å². The average Bonchev–Trinajstić information content (AvgIpc) is 3.24. The van der Waals surface area contributed by atoms with Crippen LogP contribution in [-0.4, -0.2) is 32.9 Å². The zero-order valence-electron chi connectivity index (χ0n) is 18.7. The number of rotatable bonds is 7. The van der Waals surface area contributed by atoms with Crippen molar-refractivity contribution in [1.29, 1.82) is 0 Å². The third-order valence-corrected chi connectivity index (χ3v) is 5.71. The van der Waals surface area contributed by atoms with E-state index in [1.165, 1.54) is 0 Å². The molecule has 33 heavy (non-hydrogen) atoms. The zero-order valence-corrected chi connectivity index (χ0v) is 19.6. The predicted molar refractivity (Wildman–Crippen MR) is 132 cm³/mol. The third-order valence-electron chi connectivity index (χ3n) is 5.41. The molecule has 0 bridgehead atoms. The van der Waals surface area contributed by atoms with Crippen molar-refractivity contribution in [2.24, 2.45) is 0 Å². The van der Waals surface area contributed by atoms with Crippen molar-refractivity contribution >= 4 is 24.0 Å². The van der Waals surface area contributed by atoms with Gasteiger partial charge in [-0.25, -0.2) is 4.98 Å². The Labute approximate surface area is 197 Å². The lowest BCUT2D eigenvalue weighted by atomic mass is 10.1. The summed E-state index contributed by atoms with van der Waals surface area (Å²) in [5, 5.41) is 13.3. The molecule has 2 N–H and O–H groups in total. The number of methoxy groups -OCH3 is 1. The van der Waals surface area contributed by atoms with Gasteiger partial charge in [-0.3, -0.25) is 4.79 Å². The van der Waals surface area contributed by atoms with E-state index < -0.39 is 6.04 Å². The Morgan fingerprint density at radius 3 is 2.52 bits per heavy atom. The second kappa shape index (κ2) is 9.56. The van der Waals surface area contributed by atoms with E-state index >= 15 is 0 Å². The van der Waals surface area contributed by atoms with Gasteiger partial charge in [0.2, 0.25) is 0 Å². The number of hydrogen-bond acceptors (Lipinski definition) is 6. The number of anilines is 2. The van der Waals surface area contributed by atoms with Gasteiger partial charge in [-0.1, -0.05) is 12.1 Å². The van der Waals surface area contributed by atoms with E-state index in [1.54, 1.807) is 30.3 Å². The molecule has 0 amide bonds. The van der Waals surface area contributed by atoms with E-state index in [-0.39, 0.29) is 12.2 Å². The predicted octanol–water partition coefficient (Wildman–Crippen LogP) is 4.27. The van der Waals surface area contributed by atoms with Crippen LogP contribution in [0.15, 0.2) is 76.9 Å². The molecule has 8 heteroatoms. The fraction of sp³-hybridized carbons (Fsp3) is 0.200. The van der Waals surface area contributed by atoms with Crippen molar-refractivity contribution in [3.63, 3.8) is 0 Å². The minimum Gasteiger partial charge on any atom is -0.494 e. The molecule has 4 rings (SSSR count). The molecular weight excluding hydrogens is 436 g/mol. The number of nitrogens with one attached hydrogen (secondary N) is 1. The lowest BCUT2D eigenvalue weighted by Crippen LogP contribution is -2.29. The number of hydrogen-bond donors (Lipinski definition) is 3. The lowest BCUT2D eigenvalue weighted by Gasteiger charge is -2.20. The van der Waals surface area contributed by atoms with Gasteiger partial charge in [0, 0.05) is 29.0 Å². The fourth-order valence-corrected chi connectivity index (χ4v) is 3.94. The number of pyridine rings is 1. The molecule has 0 saturated heterocycles. The van der Waals surface area contributed by atoms with Crippen LogP contribution in [-0.2, 0) is 0 Å². The van der Waals surface area contributed by atoms with Crippen molar-refractivity contribution in [3.05, 3.63) is 94.4 Å². The SMILES string of the molecule is COc1cc(Nc2cc(C)cn([C@@H](CO)c3ccc(S)cc3)c2=O)ccc1-n1cnc(C)c1. The topological polar surface area (TPSA) is 81.3 Å². The highest BCUT2D eigenvalue weighted by molar-refractivity contribution is 7.80. The van der Waals surface area contributed by atoms with E-state index in [9.17, 15) is 9.90 Å². The second-order valence-electron chi connectivity index (χ2n) is 7.87. The molecule has 0 spiro atoms. The molecule has 0 saturated carbocycles. The molecule has 0 fully saturated rings. The number of aliphatic hydroxyl groups is 1. The van der Waals surface area contributed by atoms with Gasteiger partial charge in [-0.05, 0) is 55.3 Å². The highest BCUT2D eigenvalue weighted by atomic mass is 32.1.